The number of benzene rings is 2. The van der Waals surface area contributed by atoms with Gasteiger partial charge in [-0.15, -0.1) is 0 Å². The lowest BCUT2D eigenvalue weighted by atomic mass is 10.1. The first-order chi connectivity index (χ1) is 15.6. The Bertz CT molecular complexity index is 1040. The standard InChI is InChI=1S/C22H22N2O8/c25-15(10-28-16-2-4-18-20(7-16)32-12-30-18)8-23-22(27)13-5-21(26)24(9-13)14-1-3-17-19(6-14)31-11-29-17/h1-4,6-7,13,15,25H,5,8-12H2,(H,23,27). The summed E-state index contributed by atoms with van der Waals surface area (Å²) in [6.07, 6.45) is -0.809. The van der Waals surface area contributed by atoms with Gasteiger partial charge in [0.15, 0.2) is 23.0 Å². The number of nitrogens with one attached hydrogen (secondary N) is 1. The van der Waals surface area contributed by atoms with Crippen LogP contribution in [0, 0.1) is 5.92 Å². The van der Waals surface area contributed by atoms with Crippen molar-refractivity contribution in [2.75, 3.05) is 38.2 Å². The molecular formula is C22H22N2O8. The number of hydrogen-bond acceptors (Lipinski definition) is 8. The molecule has 0 bridgehead atoms. The van der Waals surface area contributed by atoms with E-state index in [2.05, 4.69) is 5.32 Å². The third kappa shape index (κ3) is 4.09. The average Bonchev–Trinajstić information content (AvgIpc) is 3.54. The van der Waals surface area contributed by atoms with Crippen molar-refractivity contribution in [2.45, 2.75) is 12.5 Å². The van der Waals surface area contributed by atoms with Crippen molar-refractivity contribution in [1.82, 2.24) is 5.32 Å². The van der Waals surface area contributed by atoms with Gasteiger partial charge in [0.25, 0.3) is 0 Å². The van der Waals surface area contributed by atoms with Gasteiger partial charge in [0.2, 0.25) is 25.4 Å². The molecule has 2 unspecified atom stereocenters. The maximum absolute atomic E-state index is 12.5. The Labute approximate surface area is 183 Å². The quantitative estimate of drug-likeness (QED) is 0.654. The molecule has 32 heavy (non-hydrogen) atoms. The fourth-order valence-electron chi connectivity index (χ4n) is 3.77. The van der Waals surface area contributed by atoms with Gasteiger partial charge in [0.1, 0.15) is 18.5 Å². The molecule has 2 aromatic rings. The van der Waals surface area contributed by atoms with Crippen LogP contribution in [-0.4, -0.2) is 56.3 Å². The summed E-state index contributed by atoms with van der Waals surface area (Å²) >= 11 is 0. The molecule has 2 aromatic carbocycles. The van der Waals surface area contributed by atoms with E-state index in [4.69, 9.17) is 23.7 Å². The van der Waals surface area contributed by atoms with E-state index in [-0.39, 0.29) is 51.5 Å². The molecule has 0 aliphatic carbocycles. The molecule has 1 saturated heterocycles. The molecule has 0 saturated carbocycles. The molecule has 0 radical (unpaired) electrons. The monoisotopic (exact) mass is 442 g/mol. The summed E-state index contributed by atoms with van der Waals surface area (Å²) in [5.41, 5.74) is 0.659. The van der Waals surface area contributed by atoms with Gasteiger partial charge in [0.05, 0.1) is 5.92 Å². The highest BCUT2D eigenvalue weighted by molar-refractivity contribution is 6.00. The predicted molar refractivity (Wildman–Crippen MR) is 110 cm³/mol. The molecule has 5 rings (SSSR count). The van der Waals surface area contributed by atoms with Crippen LogP contribution in [0.4, 0.5) is 5.69 Å². The number of nitrogens with zero attached hydrogens (tertiary/aromatic N) is 1. The second-order valence-corrected chi connectivity index (χ2v) is 7.67. The van der Waals surface area contributed by atoms with Gasteiger partial charge >= 0.3 is 0 Å². The first-order valence-electron chi connectivity index (χ1n) is 10.2. The Morgan fingerprint density at radius 2 is 1.75 bits per heavy atom. The number of aliphatic hydroxyl groups excluding tert-OH is 1. The van der Waals surface area contributed by atoms with Crippen LogP contribution < -0.4 is 33.9 Å². The SMILES string of the molecule is O=C(NCC(O)COc1ccc2c(c1)OCO2)C1CC(=O)N(c2ccc3c(c2)OCO3)C1. The third-order valence-electron chi connectivity index (χ3n) is 5.46. The summed E-state index contributed by atoms with van der Waals surface area (Å²) in [7, 11) is 0. The van der Waals surface area contributed by atoms with Crippen molar-refractivity contribution in [3.05, 3.63) is 36.4 Å². The third-order valence-corrected chi connectivity index (χ3v) is 5.46. The first kappa shape index (κ1) is 20.3. The van der Waals surface area contributed by atoms with Gasteiger partial charge in [-0.25, -0.2) is 0 Å². The van der Waals surface area contributed by atoms with E-state index < -0.39 is 12.0 Å². The van der Waals surface area contributed by atoms with E-state index in [9.17, 15) is 14.7 Å². The number of carbonyl (C=O) groups excluding carboxylic acids is 2. The number of amides is 2. The molecule has 10 nitrogen and oxygen atoms in total. The lowest BCUT2D eigenvalue weighted by molar-refractivity contribution is -0.126. The highest BCUT2D eigenvalue weighted by Crippen LogP contribution is 2.37. The van der Waals surface area contributed by atoms with Gasteiger partial charge in [0, 0.05) is 37.3 Å². The summed E-state index contributed by atoms with van der Waals surface area (Å²) in [6, 6.07) is 10.4. The number of rotatable bonds is 7. The van der Waals surface area contributed by atoms with Crippen LogP contribution in [0.15, 0.2) is 36.4 Å². The summed E-state index contributed by atoms with van der Waals surface area (Å²) in [6.45, 7) is 0.584. The second kappa shape index (κ2) is 8.46. The van der Waals surface area contributed by atoms with Crippen molar-refractivity contribution < 1.29 is 38.4 Å². The zero-order chi connectivity index (χ0) is 22.1. The highest BCUT2D eigenvalue weighted by Gasteiger charge is 2.35. The summed E-state index contributed by atoms with van der Waals surface area (Å²) < 4.78 is 26.7. The molecule has 2 N–H and O–H groups in total. The first-order valence-corrected chi connectivity index (χ1v) is 10.2. The number of fused-ring (bicyclic) bond motifs is 2. The van der Waals surface area contributed by atoms with Gasteiger partial charge < -0.3 is 39.0 Å². The highest BCUT2D eigenvalue weighted by atomic mass is 16.7. The van der Waals surface area contributed by atoms with Crippen molar-refractivity contribution in [3.63, 3.8) is 0 Å². The van der Waals surface area contributed by atoms with Crippen molar-refractivity contribution in [1.29, 1.82) is 0 Å². The topological polar surface area (TPSA) is 116 Å². The number of hydrogen-bond donors (Lipinski definition) is 2. The molecule has 3 aliphatic rings. The molecule has 0 spiro atoms. The molecule has 1 fully saturated rings. The second-order valence-electron chi connectivity index (χ2n) is 7.67. The van der Waals surface area contributed by atoms with E-state index in [0.29, 0.717) is 34.4 Å². The lowest BCUT2D eigenvalue weighted by Crippen LogP contribution is -2.39. The molecule has 3 aliphatic heterocycles. The van der Waals surface area contributed by atoms with Crippen LogP contribution >= 0.6 is 0 Å². The summed E-state index contributed by atoms with van der Waals surface area (Å²) in [5.74, 6) is 2.03. The molecule has 2 atom stereocenters. The van der Waals surface area contributed by atoms with Crippen LogP contribution in [0.1, 0.15) is 6.42 Å². The normalized spacial score (nSPS) is 19.2. The largest absolute Gasteiger partial charge is 0.491 e. The average molecular weight is 442 g/mol. The van der Waals surface area contributed by atoms with Crippen LogP contribution in [-0.2, 0) is 9.59 Å². The zero-order valence-corrected chi connectivity index (χ0v) is 17.1. The summed E-state index contributed by atoms with van der Waals surface area (Å²) in [4.78, 5) is 26.6. The minimum absolute atomic E-state index is 0.00710. The van der Waals surface area contributed by atoms with E-state index in [1.807, 2.05) is 0 Å². The predicted octanol–water partition coefficient (Wildman–Crippen LogP) is 1.05. The van der Waals surface area contributed by atoms with Gasteiger partial charge in [-0.1, -0.05) is 0 Å². The summed E-state index contributed by atoms with van der Waals surface area (Å²) in [5, 5.41) is 12.9. The molecule has 2 amide bonds. The Hall–Kier alpha value is -3.66. The van der Waals surface area contributed by atoms with E-state index in [0.717, 1.165) is 0 Å². The van der Waals surface area contributed by atoms with Crippen molar-refractivity contribution in [2.24, 2.45) is 5.92 Å². The Kier molecular flexibility index (Phi) is 5.36. The number of anilines is 1. The van der Waals surface area contributed by atoms with Gasteiger partial charge in [-0.3, -0.25) is 9.59 Å². The minimum Gasteiger partial charge on any atom is -0.491 e. The van der Waals surface area contributed by atoms with E-state index in [1.54, 1.807) is 41.3 Å². The van der Waals surface area contributed by atoms with Crippen LogP contribution in [0.5, 0.6) is 28.7 Å². The zero-order valence-electron chi connectivity index (χ0n) is 17.1. The molecule has 168 valence electrons. The van der Waals surface area contributed by atoms with E-state index in [1.165, 1.54) is 0 Å². The number of ether oxygens (including phenoxy) is 5. The van der Waals surface area contributed by atoms with Crippen molar-refractivity contribution in [3.8, 4) is 28.7 Å². The van der Waals surface area contributed by atoms with Crippen LogP contribution in [0.2, 0.25) is 0 Å². The molecule has 10 heteroatoms. The maximum atomic E-state index is 12.5. The maximum Gasteiger partial charge on any atom is 0.231 e. The fraction of sp³-hybridized carbons (Fsp3) is 0.364. The molecule has 0 aromatic heterocycles. The van der Waals surface area contributed by atoms with E-state index >= 15 is 0 Å². The van der Waals surface area contributed by atoms with Crippen LogP contribution in [0.3, 0.4) is 0 Å². The molecule has 3 heterocycles. The Morgan fingerprint density at radius 3 is 2.53 bits per heavy atom. The lowest BCUT2D eigenvalue weighted by Gasteiger charge is -2.18. The fourth-order valence-corrected chi connectivity index (χ4v) is 3.77. The Morgan fingerprint density at radius 1 is 1.06 bits per heavy atom. The Balaban J connectivity index is 1.10. The van der Waals surface area contributed by atoms with Crippen LogP contribution in [0.25, 0.3) is 0 Å². The van der Waals surface area contributed by atoms with Gasteiger partial charge in [-0.05, 0) is 24.3 Å². The van der Waals surface area contributed by atoms with Crippen molar-refractivity contribution >= 4 is 17.5 Å². The number of aliphatic hydroxyl groups is 1. The molecular weight excluding hydrogens is 420 g/mol. The minimum atomic E-state index is -0.911. The van der Waals surface area contributed by atoms with Gasteiger partial charge in [-0.2, -0.15) is 0 Å². The number of carbonyl (C=O) groups is 2. The smallest absolute Gasteiger partial charge is 0.231 e.